The summed E-state index contributed by atoms with van der Waals surface area (Å²) in [6, 6.07) is 15.1. The first kappa shape index (κ1) is 28.9. The number of halogens is 1. The monoisotopic (exact) mass is 619 g/mol. The normalized spacial score (nSPS) is 15.1. The van der Waals surface area contributed by atoms with Crippen molar-refractivity contribution >= 4 is 46.5 Å². The van der Waals surface area contributed by atoms with Gasteiger partial charge in [0.1, 0.15) is 11.6 Å². The zero-order valence-electron chi connectivity index (χ0n) is 22.1. The quantitative estimate of drug-likeness (QED) is 0.293. The molecule has 10 nitrogen and oxygen atoms in total. The minimum absolute atomic E-state index is 0.0167. The van der Waals surface area contributed by atoms with E-state index in [1.165, 1.54) is 43.6 Å². The van der Waals surface area contributed by atoms with Crippen LogP contribution in [0.4, 0.5) is 4.39 Å². The fourth-order valence-corrected chi connectivity index (χ4v) is 9.79. The lowest BCUT2D eigenvalue weighted by molar-refractivity contribution is 0.415. The third-order valence-corrected chi connectivity index (χ3v) is 12.4. The minimum Gasteiger partial charge on any atom is -0.496 e. The Kier molecular flexibility index (Phi) is 7.53. The van der Waals surface area contributed by atoms with Gasteiger partial charge in [0.05, 0.1) is 17.7 Å². The Balaban J connectivity index is 1.72. The van der Waals surface area contributed by atoms with Gasteiger partial charge in [0, 0.05) is 36.5 Å². The van der Waals surface area contributed by atoms with E-state index in [1.807, 2.05) is 0 Å². The van der Waals surface area contributed by atoms with Gasteiger partial charge in [0.15, 0.2) is 20.6 Å². The van der Waals surface area contributed by atoms with E-state index in [2.05, 4.69) is 4.98 Å². The molecule has 0 saturated heterocycles. The van der Waals surface area contributed by atoms with Crippen molar-refractivity contribution < 1.29 is 34.4 Å². The lowest BCUT2D eigenvalue weighted by atomic mass is 10.0. The Hall–Kier alpha value is -3.59. The summed E-state index contributed by atoms with van der Waals surface area (Å²) in [5.74, 6) is -0.129. The Morgan fingerprint density at radius 2 is 1.68 bits per heavy atom. The van der Waals surface area contributed by atoms with E-state index >= 15 is 0 Å². The van der Waals surface area contributed by atoms with Crippen molar-refractivity contribution in [3.63, 3.8) is 0 Å². The van der Waals surface area contributed by atoms with Crippen LogP contribution in [-0.2, 0) is 29.9 Å². The van der Waals surface area contributed by atoms with Crippen LogP contribution in [0.15, 0.2) is 77.8 Å². The summed E-state index contributed by atoms with van der Waals surface area (Å²) < 4.78 is 98.6. The molecule has 4 aromatic rings. The van der Waals surface area contributed by atoms with Crippen molar-refractivity contribution in [1.82, 2.24) is 13.3 Å². The molecule has 2 aromatic heterocycles. The summed E-state index contributed by atoms with van der Waals surface area (Å²) in [7, 11) is -10.6. The average Bonchev–Trinajstić information content (AvgIpc) is 3.33. The van der Waals surface area contributed by atoms with Gasteiger partial charge in [-0.1, -0.05) is 24.3 Å². The van der Waals surface area contributed by atoms with Crippen molar-refractivity contribution in [2.45, 2.75) is 11.3 Å². The second kappa shape index (κ2) is 10.7. The molecule has 0 fully saturated rings. The maximum absolute atomic E-state index is 14.3. The van der Waals surface area contributed by atoms with E-state index in [0.717, 1.165) is 14.5 Å². The topological polar surface area (TPSA) is 133 Å². The number of nitrogens with zero attached hydrogens (tertiary/aromatic N) is 3. The Morgan fingerprint density at radius 3 is 2.32 bits per heavy atom. The molecule has 14 heteroatoms. The second-order valence-corrected chi connectivity index (χ2v) is 15.8. The summed E-state index contributed by atoms with van der Waals surface area (Å²) in [5.41, 5.74) is 1.78. The van der Waals surface area contributed by atoms with Gasteiger partial charge in [0.2, 0.25) is 10.0 Å². The lowest BCUT2D eigenvalue weighted by Gasteiger charge is -2.26. The molecule has 0 radical (unpaired) electrons. The van der Waals surface area contributed by atoms with Gasteiger partial charge in [-0.25, -0.2) is 38.6 Å². The minimum atomic E-state index is -4.19. The molecular weight excluding hydrogens is 594 g/mol. The number of ether oxygens (including phenoxy) is 1. The highest BCUT2D eigenvalue weighted by atomic mass is 32.3. The van der Waals surface area contributed by atoms with Gasteiger partial charge in [-0.05, 0) is 60.0 Å². The second-order valence-electron chi connectivity index (χ2n) is 9.55. The zero-order valence-corrected chi connectivity index (χ0v) is 24.5. The summed E-state index contributed by atoms with van der Waals surface area (Å²) in [4.78, 5) is 4.41. The zero-order chi connectivity index (χ0) is 29.6. The van der Waals surface area contributed by atoms with Crippen LogP contribution < -0.4 is 4.74 Å². The molecule has 1 aliphatic rings. The van der Waals surface area contributed by atoms with Crippen LogP contribution >= 0.6 is 0 Å². The van der Waals surface area contributed by atoms with E-state index < -0.39 is 40.8 Å². The Morgan fingerprint density at radius 1 is 0.951 bits per heavy atom. The third-order valence-electron chi connectivity index (χ3n) is 6.65. The van der Waals surface area contributed by atoms with Crippen LogP contribution in [-0.4, -0.2) is 70.1 Å². The predicted octanol–water partition coefficient (Wildman–Crippen LogP) is 3.51. The summed E-state index contributed by atoms with van der Waals surface area (Å²) >= 11 is 0. The van der Waals surface area contributed by atoms with Gasteiger partial charge >= 0.3 is 0 Å². The van der Waals surface area contributed by atoms with Crippen molar-refractivity contribution in [3.8, 4) is 16.9 Å². The molecule has 0 amide bonds. The molecule has 2 aromatic carbocycles. The largest absolute Gasteiger partial charge is 0.496 e. The molecule has 0 bridgehead atoms. The van der Waals surface area contributed by atoms with Gasteiger partial charge in [-0.15, -0.1) is 0 Å². The van der Waals surface area contributed by atoms with Crippen LogP contribution in [0.25, 0.3) is 27.7 Å². The molecular formula is C27H26FN3O7S3. The first-order chi connectivity index (χ1) is 19.3. The third kappa shape index (κ3) is 5.64. The summed E-state index contributed by atoms with van der Waals surface area (Å²) in [6.07, 6.45) is 3.96. The predicted molar refractivity (Wildman–Crippen MR) is 154 cm³/mol. The smallest absolute Gasteiger partial charge is 0.269 e. The van der Waals surface area contributed by atoms with Crippen LogP contribution in [0.3, 0.4) is 0 Å². The highest BCUT2D eigenvalue weighted by Crippen LogP contribution is 2.39. The highest BCUT2D eigenvalue weighted by molar-refractivity contribution is 8.06. The first-order valence-corrected chi connectivity index (χ1v) is 17.4. The molecule has 0 atom stereocenters. The Labute approximate surface area is 237 Å². The highest BCUT2D eigenvalue weighted by Gasteiger charge is 2.31. The molecule has 0 saturated carbocycles. The number of hydrogen-bond acceptors (Lipinski definition) is 8. The van der Waals surface area contributed by atoms with E-state index in [-0.39, 0.29) is 35.7 Å². The molecule has 5 rings (SSSR count). The summed E-state index contributed by atoms with van der Waals surface area (Å²) in [6.45, 7) is -0.188. The first-order valence-electron chi connectivity index (χ1n) is 12.3. The molecule has 41 heavy (non-hydrogen) atoms. The van der Waals surface area contributed by atoms with E-state index in [0.29, 0.717) is 27.8 Å². The fraction of sp³-hybridized carbons (Fsp3) is 0.222. The number of pyridine rings is 1. The molecule has 1 aliphatic heterocycles. The number of rotatable bonds is 8. The molecule has 3 heterocycles. The standard InChI is InChI=1S/C27H26FN3O7S3/c1-38-26-9-8-20(28)16-23(26)22-10-13-29-27-24(22)17-25(31(27)41(36,37)21-6-4-3-5-7-21)19-11-14-30(15-12-19)40(34,35)18-39(2,32)33/h3-11,13,16-17H,12,14-15,18H2,1-2H3. The molecule has 216 valence electrons. The average molecular weight is 620 g/mol. The van der Waals surface area contributed by atoms with Crippen molar-refractivity contribution in [1.29, 1.82) is 0 Å². The lowest BCUT2D eigenvalue weighted by Crippen LogP contribution is -2.38. The molecule has 0 aliphatic carbocycles. The summed E-state index contributed by atoms with van der Waals surface area (Å²) in [5, 5.41) is -0.604. The van der Waals surface area contributed by atoms with Crippen LogP contribution in [0, 0.1) is 5.82 Å². The van der Waals surface area contributed by atoms with Crippen molar-refractivity contribution in [2.24, 2.45) is 0 Å². The van der Waals surface area contributed by atoms with Crippen molar-refractivity contribution in [3.05, 3.63) is 84.4 Å². The van der Waals surface area contributed by atoms with E-state index in [9.17, 15) is 29.6 Å². The van der Waals surface area contributed by atoms with Gasteiger partial charge in [-0.2, -0.15) is 4.31 Å². The number of aromatic nitrogens is 2. The molecule has 0 unspecified atom stereocenters. The van der Waals surface area contributed by atoms with Crippen LogP contribution in [0.1, 0.15) is 12.1 Å². The Bertz CT molecular complexity index is 2010. The number of fused-ring (bicyclic) bond motifs is 1. The number of sulfone groups is 1. The fourth-order valence-electron chi connectivity index (χ4n) is 4.85. The maximum Gasteiger partial charge on any atom is 0.269 e. The van der Waals surface area contributed by atoms with Crippen LogP contribution in [0.2, 0.25) is 0 Å². The SMILES string of the molecule is COc1ccc(F)cc1-c1ccnc2c1cc(C1=CCN(S(=O)(=O)CS(C)(=O)=O)CC1)n2S(=O)(=O)c1ccccc1. The number of benzene rings is 2. The van der Waals surface area contributed by atoms with E-state index in [1.54, 1.807) is 36.4 Å². The van der Waals surface area contributed by atoms with Gasteiger partial charge < -0.3 is 4.74 Å². The molecule has 0 spiro atoms. The maximum atomic E-state index is 14.3. The van der Waals surface area contributed by atoms with Crippen LogP contribution in [0.5, 0.6) is 5.75 Å². The number of hydrogen-bond donors (Lipinski definition) is 0. The van der Waals surface area contributed by atoms with E-state index in [4.69, 9.17) is 4.74 Å². The van der Waals surface area contributed by atoms with Gasteiger partial charge in [-0.3, -0.25) is 0 Å². The van der Waals surface area contributed by atoms with Gasteiger partial charge in [0.25, 0.3) is 10.0 Å². The van der Waals surface area contributed by atoms with Crippen molar-refractivity contribution in [2.75, 3.05) is 31.5 Å². The molecule has 0 N–H and O–H groups in total. The number of sulfonamides is 1. The number of methoxy groups -OCH3 is 1.